The van der Waals surface area contributed by atoms with Crippen molar-refractivity contribution >= 4 is 83.4 Å². The minimum Gasteiger partial charge on any atom is -0.457 e. The smallest absolute Gasteiger partial charge is 0.379 e. The molecule has 0 saturated carbocycles. The number of halogens is 3. The molecule has 0 radical (unpaired) electrons. The number of fused-ring (bicyclic) bond motifs is 1. The molecule has 0 aliphatic heterocycles. The third-order valence-corrected chi connectivity index (χ3v) is 7.34. The second-order valence-corrected chi connectivity index (χ2v) is 10.7. The van der Waals surface area contributed by atoms with E-state index in [1.54, 1.807) is 18.2 Å². The van der Waals surface area contributed by atoms with Gasteiger partial charge in [-0.05, 0) is 74.4 Å². The van der Waals surface area contributed by atoms with Crippen LogP contribution in [-0.4, -0.2) is 23.1 Å². The molecule has 3 aromatic carbocycles. The van der Waals surface area contributed by atoms with Gasteiger partial charge in [0.05, 0.1) is 22.5 Å². The number of furan rings is 1. The van der Waals surface area contributed by atoms with Crippen molar-refractivity contribution < 1.29 is 18.7 Å². The van der Waals surface area contributed by atoms with Crippen molar-refractivity contribution in [2.75, 3.05) is 0 Å². The number of ether oxygens (including phenoxy) is 1. The van der Waals surface area contributed by atoms with Crippen molar-refractivity contribution in [3.8, 4) is 16.9 Å². The van der Waals surface area contributed by atoms with Crippen LogP contribution in [0.15, 0.2) is 97.5 Å². The second-order valence-electron chi connectivity index (χ2n) is 7.78. The zero-order valence-corrected chi connectivity index (χ0v) is 24.1. The molecule has 0 spiro atoms. The Balaban J connectivity index is 1.45. The summed E-state index contributed by atoms with van der Waals surface area (Å²) in [5, 5.41) is 5.10. The number of carbonyl (C=O) groups is 2. The van der Waals surface area contributed by atoms with Crippen LogP contribution in [-0.2, 0) is 0 Å². The molecule has 10 heteroatoms. The number of carbonyl (C=O) groups excluding carboxylic acids is 2. The molecule has 2 heterocycles. The summed E-state index contributed by atoms with van der Waals surface area (Å²) in [5.41, 5.74) is 6.01. The summed E-state index contributed by atoms with van der Waals surface area (Å²) in [7, 11) is 0. The number of rotatable bonds is 6. The highest BCUT2D eigenvalue weighted by atomic mass is 127. The van der Waals surface area contributed by atoms with E-state index in [0.717, 1.165) is 30.1 Å². The zero-order chi connectivity index (χ0) is 25.9. The highest BCUT2D eigenvalue weighted by molar-refractivity contribution is 14.1. The van der Waals surface area contributed by atoms with Gasteiger partial charge in [-0.15, -0.1) is 0 Å². The van der Waals surface area contributed by atoms with E-state index >= 15 is 0 Å². The summed E-state index contributed by atoms with van der Waals surface area (Å²) in [4.78, 5) is 29.0. The van der Waals surface area contributed by atoms with Gasteiger partial charge in [-0.3, -0.25) is 4.79 Å². The van der Waals surface area contributed by atoms with Gasteiger partial charge in [0.2, 0.25) is 5.76 Å². The quantitative estimate of drug-likeness (QED) is 0.0620. The van der Waals surface area contributed by atoms with Gasteiger partial charge < -0.3 is 14.1 Å². The predicted octanol–water partition coefficient (Wildman–Crippen LogP) is 7.54. The van der Waals surface area contributed by atoms with Crippen molar-refractivity contribution in [2.45, 2.75) is 0 Å². The van der Waals surface area contributed by atoms with Gasteiger partial charge in [-0.1, -0.05) is 58.4 Å². The molecule has 0 atom stereocenters. The number of benzene rings is 3. The first-order valence-electron chi connectivity index (χ1n) is 10.9. The fourth-order valence-electron chi connectivity index (χ4n) is 3.79. The van der Waals surface area contributed by atoms with Gasteiger partial charge in [-0.2, -0.15) is 5.10 Å². The summed E-state index contributed by atoms with van der Waals surface area (Å²) < 4.78 is 12.9. The lowest BCUT2D eigenvalue weighted by molar-refractivity contribution is 0.0699. The molecule has 0 aliphatic carbocycles. The lowest BCUT2D eigenvalue weighted by atomic mass is 10.0. The van der Waals surface area contributed by atoms with Gasteiger partial charge in [0.1, 0.15) is 5.69 Å². The Hall–Kier alpha value is -3.22. The number of nitrogens with one attached hydrogen (secondary N) is 2. The van der Waals surface area contributed by atoms with Crippen molar-refractivity contribution in [3.63, 3.8) is 0 Å². The fourth-order valence-corrected chi connectivity index (χ4v) is 5.77. The van der Waals surface area contributed by atoms with Crippen LogP contribution in [0, 0.1) is 3.57 Å². The third-order valence-electron chi connectivity index (χ3n) is 5.40. The summed E-state index contributed by atoms with van der Waals surface area (Å²) in [6.07, 6.45) is 2.80. The number of hydrogen-bond donors (Lipinski definition) is 2. The molecule has 37 heavy (non-hydrogen) atoms. The summed E-state index contributed by atoms with van der Waals surface area (Å²) in [5.74, 6) is -0.780. The van der Waals surface area contributed by atoms with Crippen LogP contribution >= 0.6 is 54.5 Å². The molecule has 0 saturated heterocycles. The van der Waals surface area contributed by atoms with Gasteiger partial charge in [0.15, 0.2) is 5.75 Å². The third kappa shape index (κ3) is 5.41. The van der Waals surface area contributed by atoms with Crippen LogP contribution in [0.3, 0.4) is 0 Å². The molecule has 7 nitrogen and oxygen atoms in total. The average Bonchev–Trinajstić information content (AvgIpc) is 3.56. The Morgan fingerprint density at radius 2 is 1.84 bits per heavy atom. The lowest BCUT2D eigenvalue weighted by Gasteiger charge is -2.09. The Morgan fingerprint density at radius 1 is 1.03 bits per heavy atom. The zero-order valence-electron chi connectivity index (χ0n) is 18.8. The molecule has 2 N–H and O–H groups in total. The van der Waals surface area contributed by atoms with Crippen LogP contribution in [0.5, 0.6) is 5.75 Å². The number of esters is 1. The van der Waals surface area contributed by atoms with Crippen LogP contribution in [0.2, 0.25) is 0 Å². The van der Waals surface area contributed by atoms with Crippen LogP contribution in [0.25, 0.3) is 22.0 Å². The molecule has 5 rings (SSSR count). The standard InChI is InChI=1S/C27H16Br2IN3O4/c28-17-12-16(25(19(29)13-17)37-27(35)21-10-5-11-36-21)14-31-33-26(34)24-22(15-6-2-1-3-7-15)18-8-4-9-20(30)23(18)32-24/h1-14,32H,(H,33,34). The molecule has 5 aromatic rings. The van der Waals surface area contributed by atoms with Crippen molar-refractivity contribution in [2.24, 2.45) is 5.10 Å². The van der Waals surface area contributed by atoms with Crippen molar-refractivity contribution in [1.29, 1.82) is 0 Å². The maximum atomic E-state index is 13.3. The number of para-hydroxylation sites is 1. The number of amides is 1. The minimum atomic E-state index is -0.660. The molecule has 0 unspecified atom stereocenters. The van der Waals surface area contributed by atoms with E-state index in [0.29, 0.717) is 15.7 Å². The van der Waals surface area contributed by atoms with Crippen molar-refractivity contribution in [3.05, 3.63) is 109 Å². The first-order valence-corrected chi connectivity index (χ1v) is 13.5. The number of nitrogens with zero attached hydrogens (tertiary/aromatic N) is 1. The SMILES string of the molecule is O=C(Oc1c(Br)cc(Br)cc1C=NNC(=O)c1[nH]c2c(I)cccc2c1-c1ccccc1)c1ccco1. The highest BCUT2D eigenvalue weighted by Crippen LogP contribution is 2.35. The predicted molar refractivity (Wildman–Crippen MR) is 157 cm³/mol. The highest BCUT2D eigenvalue weighted by Gasteiger charge is 2.21. The normalized spacial score (nSPS) is 11.2. The summed E-state index contributed by atoms with van der Waals surface area (Å²) in [6.45, 7) is 0. The number of H-pyrrole nitrogens is 1. The summed E-state index contributed by atoms with van der Waals surface area (Å²) in [6, 6.07) is 22.2. The maximum Gasteiger partial charge on any atom is 0.379 e. The molecule has 0 fully saturated rings. The molecule has 0 aliphatic rings. The molecule has 184 valence electrons. The maximum absolute atomic E-state index is 13.3. The number of aromatic nitrogens is 1. The Kier molecular flexibility index (Phi) is 7.58. The first kappa shape index (κ1) is 25.4. The van der Waals surface area contributed by atoms with E-state index in [9.17, 15) is 9.59 Å². The number of hydrazone groups is 1. The molecular formula is C27H16Br2IN3O4. The Labute approximate surface area is 241 Å². The second kappa shape index (κ2) is 11.0. The van der Waals surface area contributed by atoms with Crippen molar-refractivity contribution in [1.82, 2.24) is 10.4 Å². The van der Waals surface area contributed by atoms with E-state index in [2.05, 4.69) is 70.0 Å². The average molecular weight is 733 g/mol. The molecule has 1 amide bonds. The fraction of sp³-hybridized carbons (Fsp3) is 0. The van der Waals surface area contributed by atoms with E-state index in [1.165, 1.54) is 18.5 Å². The van der Waals surface area contributed by atoms with Gasteiger partial charge >= 0.3 is 5.97 Å². The van der Waals surface area contributed by atoms with Crippen LogP contribution in [0.4, 0.5) is 0 Å². The molecular weight excluding hydrogens is 717 g/mol. The van der Waals surface area contributed by atoms with E-state index in [4.69, 9.17) is 9.15 Å². The number of aromatic amines is 1. The lowest BCUT2D eigenvalue weighted by Crippen LogP contribution is -2.19. The first-order chi connectivity index (χ1) is 17.9. The van der Waals surface area contributed by atoms with Gasteiger partial charge in [-0.25, -0.2) is 10.2 Å². The van der Waals surface area contributed by atoms with Crippen LogP contribution < -0.4 is 10.2 Å². The minimum absolute atomic E-state index is 0.0629. The van der Waals surface area contributed by atoms with E-state index in [1.807, 2.05) is 48.5 Å². The molecule has 2 aromatic heterocycles. The van der Waals surface area contributed by atoms with Gasteiger partial charge in [0, 0.05) is 24.6 Å². The summed E-state index contributed by atoms with van der Waals surface area (Å²) >= 11 is 9.08. The van der Waals surface area contributed by atoms with E-state index in [-0.39, 0.29) is 11.5 Å². The molecule has 0 bridgehead atoms. The van der Waals surface area contributed by atoms with E-state index < -0.39 is 11.9 Å². The Bertz CT molecular complexity index is 1650. The largest absolute Gasteiger partial charge is 0.457 e. The Morgan fingerprint density at radius 3 is 2.59 bits per heavy atom. The monoisotopic (exact) mass is 731 g/mol. The number of hydrogen-bond acceptors (Lipinski definition) is 5. The topological polar surface area (TPSA) is 96.7 Å². The van der Waals surface area contributed by atoms with Crippen LogP contribution in [0.1, 0.15) is 26.6 Å². The van der Waals surface area contributed by atoms with Gasteiger partial charge in [0.25, 0.3) is 5.91 Å².